The van der Waals surface area contributed by atoms with Crippen molar-refractivity contribution in [3.63, 3.8) is 0 Å². The molecule has 332 valence electrons. The van der Waals surface area contributed by atoms with E-state index in [4.69, 9.17) is 24.4 Å². The minimum Gasteiger partial charge on any atom is -0.496 e. The lowest BCUT2D eigenvalue weighted by atomic mass is 9.90. The highest BCUT2D eigenvalue weighted by Gasteiger charge is 2.62. The van der Waals surface area contributed by atoms with Crippen LogP contribution in [0.1, 0.15) is 107 Å². The molecule has 63 heavy (non-hydrogen) atoms. The Morgan fingerprint density at radius 3 is 2.60 bits per heavy atom. The van der Waals surface area contributed by atoms with E-state index < -0.39 is 44.2 Å². The first-order chi connectivity index (χ1) is 30.2. The van der Waals surface area contributed by atoms with Crippen LogP contribution in [0.5, 0.6) is 11.5 Å². The van der Waals surface area contributed by atoms with Crippen molar-refractivity contribution in [2.75, 3.05) is 13.7 Å². The largest absolute Gasteiger partial charge is 0.496 e. The van der Waals surface area contributed by atoms with E-state index in [2.05, 4.69) is 24.6 Å². The highest BCUT2D eigenvalue weighted by Crippen LogP contribution is 2.58. The molecule has 2 aromatic carbocycles. The van der Waals surface area contributed by atoms with Gasteiger partial charge in [-0.1, -0.05) is 51.0 Å². The summed E-state index contributed by atoms with van der Waals surface area (Å²) < 4.78 is 41.8. The molecule has 12 nitrogen and oxygen atoms in total. The summed E-state index contributed by atoms with van der Waals surface area (Å²) in [6.07, 6.45) is 9.34. The Bertz CT molecular complexity index is 2710. The molecule has 4 aliphatic rings. The van der Waals surface area contributed by atoms with Crippen LogP contribution in [0.2, 0.25) is 0 Å². The second-order valence-corrected chi connectivity index (χ2v) is 22.7. The Hall–Kier alpha value is -4.73. The zero-order chi connectivity index (χ0) is 44.3. The van der Waals surface area contributed by atoms with Gasteiger partial charge in [-0.2, -0.15) is 0 Å². The van der Waals surface area contributed by atoms with Crippen molar-refractivity contribution < 1.29 is 32.3 Å². The molecule has 3 aromatic heterocycles. The Labute approximate surface area is 377 Å². The van der Waals surface area contributed by atoms with Crippen LogP contribution >= 0.6 is 22.7 Å². The number of ketones is 1. The number of hydrogen-bond donors (Lipinski definition) is 1. The average molecular weight is 910 g/mol. The highest BCUT2D eigenvalue weighted by atomic mass is 32.2. The number of aryl methyl sites for hydroxylation is 1. The van der Waals surface area contributed by atoms with Crippen LogP contribution in [0.25, 0.3) is 31.8 Å². The fraction of sp³-hybridized carbons (Fsp3) is 0.500. The van der Waals surface area contributed by atoms with E-state index in [1.54, 1.807) is 30.3 Å². The topological polar surface area (TPSA) is 158 Å². The lowest BCUT2D eigenvalue weighted by Crippen LogP contribution is -2.47. The number of amides is 2. The summed E-state index contributed by atoms with van der Waals surface area (Å²) in [5, 5.41) is 4.44. The number of carbonyl (C=O) groups is 3. The molecule has 0 radical (unpaired) electrons. The standard InChI is InChI=1S/C48H55N5O7S3/c1-28(2)36-27-61-44(51-36)35-23-40(33-17-18-39(59-5)29(3)43(33)50-35)60-32-22-37-38(54)25-48(46(56)52-63(57,58)47(4)19-20-47)24-31(48)14-10-8-6-7-9-13-30(45(55)53(37)26-32)21-42-49-34-15-11-12-16-41(34)62-42/h10-12,14-18,23,27-28,30-32,37H,6-9,13,19-22,24-26H2,1-5H3,(H,52,56)/b14-10-/t30-,31-,32-,37+,48-/m1/s1. The monoisotopic (exact) mass is 909 g/mol. The molecular weight excluding hydrogens is 855 g/mol. The lowest BCUT2D eigenvalue weighted by molar-refractivity contribution is -0.142. The molecule has 9 rings (SSSR count). The number of ether oxygens (including phenoxy) is 2. The van der Waals surface area contributed by atoms with Gasteiger partial charge in [0.1, 0.15) is 28.3 Å². The first-order valence-corrected chi connectivity index (χ1v) is 25.4. The summed E-state index contributed by atoms with van der Waals surface area (Å²) >= 11 is 3.11. The number of thiazole rings is 2. The molecule has 1 saturated heterocycles. The Morgan fingerprint density at radius 2 is 1.86 bits per heavy atom. The molecule has 0 unspecified atom stereocenters. The van der Waals surface area contributed by atoms with E-state index in [-0.39, 0.29) is 42.9 Å². The molecule has 2 amide bonds. The van der Waals surface area contributed by atoms with Gasteiger partial charge in [-0.15, -0.1) is 22.7 Å². The van der Waals surface area contributed by atoms with Gasteiger partial charge in [0, 0.05) is 47.6 Å². The van der Waals surface area contributed by atoms with Crippen molar-refractivity contribution in [1.82, 2.24) is 24.6 Å². The van der Waals surface area contributed by atoms with Crippen LogP contribution in [-0.4, -0.2) is 76.4 Å². The number of pyridine rings is 1. The first kappa shape index (κ1) is 43.5. The highest BCUT2D eigenvalue weighted by molar-refractivity contribution is 7.91. The third-order valence-electron chi connectivity index (χ3n) is 13.7. The van der Waals surface area contributed by atoms with Gasteiger partial charge in [-0.3, -0.25) is 19.1 Å². The Balaban J connectivity index is 1.07. The number of nitrogens with one attached hydrogen (secondary N) is 1. The van der Waals surface area contributed by atoms with Gasteiger partial charge in [0.15, 0.2) is 5.78 Å². The minimum absolute atomic E-state index is 0.133. The van der Waals surface area contributed by atoms with E-state index in [1.807, 2.05) is 60.8 Å². The number of sulfonamides is 1. The third kappa shape index (κ3) is 8.52. The second kappa shape index (κ2) is 17.0. The van der Waals surface area contributed by atoms with Crippen molar-refractivity contribution in [2.24, 2.45) is 17.3 Å². The summed E-state index contributed by atoms with van der Waals surface area (Å²) in [5.74, 6) is -0.273. The number of hydrogen-bond acceptors (Lipinski definition) is 12. The van der Waals surface area contributed by atoms with Gasteiger partial charge >= 0.3 is 0 Å². The number of rotatable bonds is 10. The minimum atomic E-state index is -3.94. The number of methoxy groups -OCH3 is 1. The fourth-order valence-electron chi connectivity index (χ4n) is 9.29. The zero-order valence-electron chi connectivity index (χ0n) is 36.5. The molecule has 0 bridgehead atoms. The maximum absolute atomic E-state index is 15.2. The van der Waals surface area contributed by atoms with E-state index in [9.17, 15) is 18.0 Å². The molecule has 1 N–H and O–H groups in total. The van der Waals surface area contributed by atoms with Crippen molar-refractivity contribution in [3.8, 4) is 22.2 Å². The van der Waals surface area contributed by atoms with Gasteiger partial charge in [0.25, 0.3) is 0 Å². The van der Waals surface area contributed by atoms with Gasteiger partial charge in [-0.05, 0) is 88.5 Å². The van der Waals surface area contributed by atoms with Crippen LogP contribution in [0.15, 0.2) is 60.0 Å². The maximum Gasteiger partial charge on any atom is 0.240 e. The Morgan fingerprint density at radius 1 is 1.05 bits per heavy atom. The molecule has 3 fully saturated rings. The Kier molecular flexibility index (Phi) is 11.7. The maximum atomic E-state index is 15.2. The third-order valence-corrected chi connectivity index (χ3v) is 17.8. The van der Waals surface area contributed by atoms with Crippen LogP contribution in [0.3, 0.4) is 0 Å². The molecule has 15 heteroatoms. The van der Waals surface area contributed by atoms with E-state index >= 15 is 4.79 Å². The summed E-state index contributed by atoms with van der Waals surface area (Å²) in [7, 11) is -2.31. The van der Waals surface area contributed by atoms with Crippen molar-refractivity contribution >= 4 is 71.4 Å². The number of allylic oxidation sites excluding steroid dienone is 2. The summed E-state index contributed by atoms with van der Waals surface area (Å²) in [4.78, 5) is 60.8. The number of fused-ring (bicyclic) bond motifs is 4. The number of para-hydroxylation sites is 1. The first-order valence-electron chi connectivity index (χ1n) is 22.2. The molecule has 5 heterocycles. The van der Waals surface area contributed by atoms with Gasteiger partial charge < -0.3 is 14.4 Å². The van der Waals surface area contributed by atoms with Crippen LogP contribution < -0.4 is 14.2 Å². The molecule has 2 aliphatic carbocycles. The van der Waals surface area contributed by atoms with E-state index in [1.165, 1.54) is 11.3 Å². The van der Waals surface area contributed by atoms with Crippen LogP contribution in [0.4, 0.5) is 0 Å². The normalized spacial score (nSPS) is 25.6. The van der Waals surface area contributed by atoms with Crippen molar-refractivity contribution in [3.05, 3.63) is 76.3 Å². The zero-order valence-corrected chi connectivity index (χ0v) is 39.0. The second-order valence-electron chi connectivity index (χ2n) is 18.5. The molecule has 2 saturated carbocycles. The number of benzene rings is 2. The predicted molar refractivity (Wildman–Crippen MR) is 247 cm³/mol. The number of Topliss-reactive ketones (excluding diaryl/α,β-unsaturated/α-hetero) is 1. The molecule has 0 spiro atoms. The molecule has 2 aliphatic heterocycles. The molecular formula is C48H55N5O7S3. The van der Waals surface area contributed by atoms with Gasteiger partial charge in [-0.25, -0.2) is 23.4 Å². The summed E-state index contributed by atoms with van der Waals surface area (Å²) in [6, 6.07) is 12.8. The molecule has 5 atom stereocenters. The van der Waals surface area contributed by atoms with Crippen molar-refractivity contribution in [1.29, 1.82) is 0 Å². The van der Waals surface area contributed by atoms with E-state index in [0.717, 1.165) is 62.6 Å². The quantitative estimate of drug-likeness (QED) is 0.134. The number of aromatic nitrogens is 3. The SMILES string of the molecule is COc1ccc2c(O[C@@H]3C[C@H]4C(=O)C[C@]5(C(=O)NS(=O)(=O)C6(C)CC6)C[C@H]5/C=C\CCCCC[C@H](Cc5nc6ccccc6s5)C(=O)N4C3)cc(-c3nc(C(C)C)cs3)nc2c1C. The van der Waals surface area contributed by atoms with Crippen LogP contribution in [-0.2, 0) is 30.8 Å². The summed E-state index contributed by atoms with van der Waals surface area (Å²) in [5.41, 5.74) is 2.84. The van der Waals surface area contributed by atoms with E-state index in [0.29, 0.717) is 54.8 Å². The number of nitrogens with zero attached hydrogens (tertiary/aromatic N) is 4. The average Bonchev–Trinajstić information content (AvgIpc) is 3.90. The smallest absolute Gasteiger partial charge is 0.240 e. The van der Waals surface area contributed by atoms with Crippen LogP contribution in [0, 0.1) is 24.2 Å². The number of carbonyl (C=O) groups excluding carboxylic acids is 3. The van der Waals surface area contributed by atoms with Crippen molar-refractivity contribution in [2.45, 2.75) is 121 Å². The fourth-order valence-corrected chi connectivity index (χ4v) is 12.6. The van der Waals surface area contributed by atoms with Gasteiger partial charge in [0.05, 0.1) is 56.3 Å². The predicted octanol–water partition coefficient (Wildman–Crippen LogP) is 9.10. The molecule has 5 aromatic rings. The lowest BCUT2D eigenvalue weighted by Gasteiger charge is -2.29. The summed E-state index contributed by atoms with van der Waals surface area (Å²) in [6.45, 7) is 7.96. The van der Waals surface area contributed by atoms with Gasteiger partial charge in [0.2, 0.25) is 21.8 Å².